The molecule has 5 amide bonds. The number of benzene rings is 2. The molecule has 12 aromatic rings. The Labute approximate surface area is 850 Å². The van der Waals surface area contributed by atoms with Crippen LogP contribution in [0.25, 0.3) is 55.8 Å². The first-order chi connectivity index (χ1) is 68.0. The number of nitrogens with one attached hydrogen (secondary N) is 2. The van der Waals surface area contributed by atoms with E-state index < -0.39 is 39.2 Å². The summed E-state index contributed by atoms with van der Waals surface area (Å²) in [5.74, 6) is 30.9. The number of amides is 5. The van der Waals surface area contributed by atoms with E-state index in [1.54, 1.807) is 172 Å². The highest BCUT2D eigenvalue weighted by Crippen LogP contribution is 2.55. The maximum absolute atomic E-state index is 15.1. The molecule has 0 spiro atoms. The van der Waals surface area contributed by atoms with Gasteiger partial charge in [0.05, 0.1) is 55.9 Å². The average Bonchev–Trinajstić information content (AvgIpc) is 1.21. The summed E-state index contributed by atoms with van der Waals surface area (Å²) < 4.78 is 26.2. The summed E-state index contributed by atoms with van der Waals surface area (Å²) in [5, 5.41) is 25.0. The molecule has 142 heavy (non-hydrogen) atoms. The van der Waals surface area contributed by atoms with Crippen molar-refractivity contribution in [2.75, 3.05) is 42.0 Å². The molecule has 8 N–H and O–H groups in total. The second-order valence-electron chi connectivity index (χ2n) is 35.9. The third-order valence-corrected chi connectivity index (χ3v) is 32.7. The van der Waals surface area contributed by atoms with Gasteiger partial charge >= 0.3 is 0 Å². The summed E-state index contributed by atoms with van der Waals surface area (Å²) in [7, 11) is 8.25. The number of nitrogens with zero attached hydrogens (tertiary/aromatic N) is 14. The number of hydrogen-bond donors (Lipinski definition) is 5. The summed E-state index contributed by atoms with van der Waals surface area (Å²) in [6.07, 6.45) is 22.5. The summed E-state index contributed by atoms with van der Waals surface area (Å²) in [6.45, 7) is 18.9. The van der Waals surface area contributed by atoms with Crippen LogP contribution in [-0.4, -0.2) is 161 Å². The third-order valence-electron chi connectivity index (χ3n) is 25.8. The Bertz CT molecular complexity index is 7300. The van der Waals surface area contributed by atoms with Gasteiger partial charge in [0.2, 0.25) is 36.3 Å². The Kier molecular flexibility index (Phi) is 30.6. The van der Waals surface area contributed by atoms with Gasteiger partial charge < -0.3 is 36.5 Å². The molecule has 8 atom stereocenters. The van der Waals surface area contributed by atoms with Gasteiger partial charge in [-0.15, -0.1) is 86.7 Å². The quantitative estimate of drug-likeness (QED) is 0.0631. The van der Waals surface area contributed by atoms with E-state index in [-0.39, 0.29) is 78.2 Å². The standard InChI is InChI=1S/C26H23N3O3S.C25H23N3OS2.C22H23N5O.C18H17ClN4OS.C18H17FN4OS/c1-4-5-16-8-18(13-28-12-16)19-10-22(33-14-19)26(2)11-23(27)29(3)25(30)24(26)17-6-7-20-21(9-17)32-15-31-20;1-4-8-17-11-18(15-27-14-17)19-12-21(30-16-19)25(2)13-22(26)28(3)24(29)23(25)31-20-9-6-5-7-10-20;1-4-5-14-10-16(13-24-12-14)18-11-17(8-9-25-18)22(2)19(15-6-7-15)20(28)27(3)21(23)26-22;2*1-4-5-11-6-12(9-21-8-11)13-10-25-16(15(13)19)18(2)7-14(24)23(3)17(20)22-18/h6-10,12-14,24,27H,11,15H2,1-3H3;5-7,9-12,14-16,23,26H,13H2,1-3H3;8-13,15,19H,6-7H2,1-3H3,(H2,23,26);2*6,8-10H,7H2,1-3H3,(H2,20,22)/t24?,26-;23?,25-;19-,22+;2*18-/m11000/s1. The van der Waals surface area contributed by atoms with E-state index in [0.29, 0.717) is 63.0 Å². The van der Waals surface area contributed by atoms with E-state index >= 15 is 4.39 Å². The van der Waals surface area contributed by atoms with Crippen molar-refractivity contribution in [3.05, 3.63) is 262 Å². The van der Waals surface area contributed by atoms with Crippen molar-refractivity contribution in [1.29, 1.82) is 10.8 Å². The van der Waals surface area contributed by atoms with Crippen LogP contribution in [0.5, 0.6) is 11.5 Å². The minimum absolute atomic E-state index is 0.0237. The zero-order chi connectivity index (χ0) is 101. The van der Waals surface area contributed by atoms with Gasteiger partial charge in [-0.25, -0.2) is 19.4 Å². The molecule has 16 heterocycles. The van der Waals surface area contributed by atoms with E-state index in [0.717, 1.165) is 116 Å². The highest BCUT2D eigenvalue weighted by molar-refractivity contribution is 8.00. The number of nitrogens with two attached hydrogens (primary N) is 3. The minimum Gasteiger partial charge on any atom is -0.454 e. The average molecular weight is 2010 g/mol. The predicted molar refractivity (Wildman–Crippen MR) is 562 cm³/mol. The number of piperidine rings is 2. The molecule has 1 saturated carbocycles. The Balaban J connectivity index is 0.000000134. The molecule has 2 unspecified atom stereocenters. The number of thiophene rings is 4. The first kappa shape index (κ1) is 102. The van der Waals surface area contributed by atoms with E-state index in [1.807, 2.05) is 123 Å². The first-order valence-corrected chi connectivity index (χ1v) is 50.0. The lowest BCUT2D eigenvalue weighted by Gasteiger charge is -2.44. The maximum Gasteiger partial charge on any atom is 0.242 e. The second-order valence-corrected chi connectivity index (χ2v) is 41.0. The van der Waals surface area contributed by atoms with Gasteiger partial charge in [0.1, 0.15) is 28.6 Å². The highest BCUT2D eigenvalue weighted by Gasteiger charge is 2.55. The number of likely N-dealkylation sites (N-methyl/N-ethyl adjacent to an activating group) is 1. The molecule has 2 aromatic carbocycles. The molecule has 1 aliphatic carbocycles. The molecule has 0 radical (unpaired) electrons. The fourth-order valence-corrected chi connectivity index (χ4v) is 24.1. The number of aliphatic imine (C=N–C) groups is 3. The van der Waals surface area contributed by atoms with Crippen LogP contribution in [0.1, 0.15) is 172 Å². The van der Waals surface area contributed by atoms with Crippen LogP contribution in [0.4, 0.5) is 4.39 Å². The van der Waals surface area contributed by atoms with Crippen LogP contribution in [0.15, 0.2) is 213 Å². The molecule has 19 rings (SSSR count). The molecule has 0 bridgehead atoms. The van der Waals surface area contributed by atoms with Crippen molar-refractivity contribution in [3.8, 4) is 126 Å². The topological polar surface area (TPSA) is 360 Å². The molecule has 3 fully saturated rings. The molecule has 720 valence electrons. The normalized spacial score (nSPS) is 21.5. The number of halogens is 2. The number of hydrogen-bond acceptors (Lipinski definition) is 26. The molecule has 10 aromatic heterocycles. The number of carbonyl (C=O) groups excluding carboxylic acids is 5. The number of thioether (sulfide) groups is 1. The molecular weight excluding hydrogens is 1900 g/mol. The summed E-state index contributed by atoms with van der Waals surface area (Å²) in [6, 6.07) is 33.7. The van der Waals surface area contributed by atoms with Crippen molar-refractivity contribution in [1.82, 2.24) is 54.4 Å². The predicted octanol–water partition coefficient (Wildman–Crippen LogP) is 18.7. The Morgan fingerprint density at radius 1 is 0.465 bits per heavy atom. The molecule has 6 aliphatic heterocycles. The number of likely N-dealkylation sites (tertiary alicyclic amines) is 2. The lowest BCUT2D eigenvalue weighted by atomic mass is 9.67. The van der Waals surface area contributed by atoms with Gasteiger partial charge in [-0.3, -0.25) is 79.4 Å². The Hall–Kier alpha value is -14.8. The van der Waals surface area contributed by atoms with Crippen LogP contribution in [0.2, 0.25) is 5.02 Å². The van der Waals surface area contributed by atoms with E-state index in [4.69, 9.17) is 54.1 Å². The van der Waals surface area contributed by atoms with Crippen LogP contribution < -0.4 is 26.7 Å². The third kappa shape index (κ3) is 21.3. The second kappa shape index (κ2) is 42.7. The van der Waals surface area contributed by atoms with Crippen molar-refractivity contribution >= 4 is 128 Å². The van der Waals surface area contributed by atoms with Crippen molar-refractivity contribution in [3.63, 3.8) is 0 Å². The summed E-state index contributed by atoms with van der Waals surface area (Å²) in [5.41, 5.74) is 28.7. The number of fused-ring (bicyclic) bond motifs is 1. The largest absolute Gasteiger partial charge is 0.454 e. The SMILES string of the molecule is CC#Cc1cncc(-c2cc([C@@]3(C)N=C(N)N(C)C(=O)[C@@H]3C3CC3)ccn2)c1.CC#Cc1cncc(-c2csc([C@@]3(C)CC(=N)N(C)C(=O)C3Sc3ccccc3)c2)c1.CC#Cc1cncc(-c2csc([C@@]3(C)CC(=N)N(C)C(=O)C3c3ccc4c(c3)OCO4)c2)c1.CC#Cc1cncc(-c2csc([C@]3(C)CC(=O)N(C)C(N)=N3)c2Cl)c1.CC#Cc1cncc(-c2csc([C@]3(C)CC(=O)N(C)C(N)=N3)c2F)c1. The highest BCUT2D eigenvalue weighted by atomic mass is 35.5. The van der Waals surface area contributed by atoms with Crippen LogP contribution in [0, 0.1) is 87.7 Å². The van der Waals surface area contributed by atoms with Crippen LogP contribution >= 0.6 is 68.7 Å². The Morgan fingerprint density at radius 2 is 0.915 bits per heavy atom. The van der Waals surface area contributed by atoms with Crippen LogP contribution in [0.3, 0.4) is 0 Å². The zero-order valence-electron chi connectivity index (χ0n) is 80.9. The smallest absolute Gasteiger partial charge is 0.242 e. The lowest BCUT2D eigenvalue weighted by Crippen LogP contribution is -2.55. The van der Waals surface area contributed by atoms with Gasteiger partial charge in [0, 0.05) is 219 Å². The number of pyridine rings is 6. The lowest BCUT2D eigenvalue weighted by molar-refractivity contribution is -0.135. The number of carbonyl (C=O) groups is 5. The first-order valence-electron chi connectivity index (χ1n) is 45.3. The van der Waals surface area contributed by atoms with E-state index in [1.165, 1.54) is 47.2 Å². The van der Waals surface area contributed by atoms with Gasteiger partial charge in [-0.05, 0) is 186 Å². The number of aromatic nitrogens is 6. The van der Waals surface area contributed by atoms with E-state index in [2.05, 4.69) is 136 Å². The minimum atomic E-state index is -1.01. The van der Waals surface area contributed by atoms with Gasteiger partial charge in [-0.2, -0.15) is 0 Å². The molecule has 33 heteroatoms. The van der Waals surface area contributed by atoms with Crippen molar-refractivity contribution in [2.24, 2.45) is 44.0 Å². The fourth-order valence-electron chi connectivity index (χ4n) is 17.8. The zero-order valence-corrected chi connectivity index (χ0v) is 85.7. The summed E-state index contributed by atoms with van der Waals surface area (Å²) >= 11 is 14.2. The summed E-state index contributed by atoms with van der Waals surface area (Å²) in [4.78, 5) is 115. The molecule has 7 aliphatic rings. The maximum atomic E-state index is 15.1. The van der Waals surface area contributed by atoms with E-state index in [9.17, 15) is 24.0 Å². The van der Waals surface area contributed by atoms with Crippen molar-refractivity contribution < 1.29 is 37.8 Å². The molecular formula is C109H103ClFN19O7S5. The van der Waals surface area contributed by atoms with Gasteiger partial charge in [0.25, 0.3) is 0 Å². The molecule has 26 nitrogen and oxygen atoms in total. The monoisotopic (exact) mass is 2000 g/mol. The van der Waals surface area contributed by atoms with Crippen molar-refractivity contribution in [2.45, 2.75) is 151 Å². The van der Waals surface area contributed by atoms with Gasteiger partial charge in [0.15, 0.2) is 29.4 Å². The number of guanidine groups is 3. The number of ether oxygens (including phenoxy) is 2. The van der Waals surface area contributed by atoms with Crippen LogP contribution in [-0.2, 0) is 51.4 Å². The number of rotatable bonds is 14. The molecule has 2 saturated heterocycles. The van der Waals surface area contributed by atoms with Gasteiger partial charge in [-0.1, -0.05) is 79.3 Å². The number of amidine groups is 2. The Morgan fingerprint density at radius 3 is 1.44 bits per heavy atom. The fraction of sp³-hybridized carbons (Fsp3) is 0.284.